The second kappa shape index (κ2) is 8.14. The smallest absolute Gasteiger partial charge is 0.230 e. The summed E-state index contributed by atoms with van der Waals surface area (Å²) in [5.74, 6) is -1.34. The topological polar surface area (TPSA) is 87.7 Å². The van der Waals surface area contributed by atoms with E-state index in [1.165, 1.54) is 6.07 Å². The molecule has 20 heavy (non-hydrogen) atoms. The van der Waals surface area contributed by atoms with Gasteiger partial charge in [-0.3, -0.25) is 4.79 Å². The van der Waals surface area contributed by atoms with Crippen molar-refractivity contribution in [1.29, 1.82) is 0 Å². The van der Waals surface area contributed by atoms with Crippen molar-refractivity contribution < 1.29 is 14.4 Å². The van der Waals surface area contributed by atoms with E-state index >= 15 is 0 Å². The largest absolute Gasteiger partial charge is 0.409 e. The number of hydrogen-bond donors (Lipinski definition) is 3. The quantitative estimate of drug-likeness (QED) is 0.307. The number of oxime groups is 1. The van der Waals surface area contributed by atoms with E-state index in [0.717, 1.165) is 6.42 Å². The molecule has 110 valence electrons. The molecular formula is C14H20FN3O2. The third kappa shape index (κ3) is 4.53. The van der Waals surface area contributed by atoms with E-state index in [1.54, 1.807) is 18.2 Å². The number of carbonyl (C=O) groups is 1. The van der Waals surface area contributed by atoms with E-state index in [-0.39, 0.29) is 17.6 Å². The maximum Gasteiger partial charge on any atom is 0.230 e. The van der Waals surface area contributed by atoms with Crippen LogP contribution in [0.15, 0.2) is 29.4 Å². The molecule has 1 amide bonds. The average Bonchev–Trinajstić information content (AvgIpc) is 2.45. The van der Waals surface area contributed by atoms with Crippen LogP contribution in [0, 0.1) is 11.7 Å². The van der Waals surface area contributed by atoms with Crippen LogP contribution >= 0.6 is 0 Å². The summed E-state index contributed by atoms with van der Waals surface area (Å²) >= 11 is 0. The predicted octanol–water partition coefficient (Wildman–Crippen LogP) is 1.65. The summed E-state index contributed by atoms with van der Waals surface area (Å²) < 4.78 is 13.4. The number of halogens is 1. The summed E-state index contributed by atoms with van der Waals surface area (Å²) in [5, 5.41) is 14.2. The van der Waals surface area contributed by atoms with Crippen LogP contribution < -0.4 is 11.1 Å². The first-order valence-corrected chi connectivity index (χ1v) is 6.58. The van der Waals surface area contributed by atoms with Gasteiger partial charge in [0.2, 0.25) is 5.91 Å². The summed E-state index contributed by atoms with van der Waals surface area (Å²) in [6.45, 7) is 2.21. The second-order valence-corrected chi connectivity index (χ2v) is 4.50. The maximum absolute atomic E-state index is 13.4. The molecule has 1 aromatic rings. The lowest BCUT2D eigenvalue weighted by atomic mass is 10.0. The Hall–Kier alpha value is -2.11. The highest BCUT2D eigenvalue weighted by Gasteiger charge is 2.21. The van der Waals surface area contributed by atoms with Gasteiger partial charge in [0.15, 0.2) is 5.84 Å². The van der Waals surface area contributed by atoms with Crippen LogP contribution in [0.3, 0.4) is 0 Å². The molecule has 6 heteroatoms. The molecule has 1 atom stereocenters. The first-order valence-electron chi connectivity index (χ1n) is 6.58. The van der Waals surface area contributed by atoms with E-state index in [2.05, 4.69) is 10.5 Å². The Bertz CT molecular complexity index is 477. The molecule has 4 N–H and O–H groups in total. The van der Waals surface area contributed by atoms with Gasteiger partial charge in [0, 0.05) is 6.54 Å². The zero-order valence-corrected chi connectivity index (χ0v) is 11.5. The first kappa shape index (κ1) is 15.9. The van der Waals surface area contributed by atoms with E-state index in [9.17, 15) is 9.18 Å². The molecule has 0 aromatic heterocycles. The fraction of sp³-hybridized carbons (Fsp3) is 0.429. The first-order chi connectivity index (χ1) is 9.60. The normalized spacial score (nSPS) is 13.0. The SMILES string of the molecule is CCCC(C(=O)NCCc1ccccc1F)C(N)=NO. The number of rotatable bonds is 7. The van der Waals surface area contributed by atoms with Crippen molar-refractivity contribution in [3.8, 4) is 0 Å². The molecule has 0 bridgehead atoms. The fourth-order valence-corrected chi connectivity index (χ4v) is 1.92. The van der Waals surface area contributed by atoms with Crippen molar-refractivity contribution in [2.75, 3.05) is 6.54 Å². The number of nitrogens with two attached hydrogens (primary N) is 1. The van der Waals surface area contributed by atoms with Gasteiger partial charge in [-0.25, -0.2) is 4.39 Å². The Balaban J connectivity index is 2.51. The van der Waals surface area contributed by atoms with Crippen LogP contribution in [0.4, 0.5) is 4.39 Å². The number of benzene rings is 1. The zero-order chi connectivity index (χ0) is 15.0. The Labute approximate surface area is 117 Å². The van der Waals surface area contributed by atoms with Gasteiger partial charge in [0.1, 0.15) is 5.82 Å². The molecule has 5 nitrogen and oxygen atoms in total. The Kier molecular flexibility index (Phi) is 6.49. The minimum Gasteiger partial charge on any atom is -0.409 e. The van der Waals surface area contributed by atoms with Crippen molar-refractivity contribution >= 4 is 11.7 Å². The van der Waals surface area contributed by atoms with Crippen molar-refractivity contribution in [2.45, 2.75) is 26.2 Å². The van der Waals surface area contributed by atoms with Gasteiger partial charge in [-0.05, 0) is 24.5 Å². The van der Waals surface area contributed by atoms with Gasteiger partial charge in [-0.2, -0.15) is 0 Å². The Morgan fingerprint density at radius 1 is 1.50 bits per heavy atom. The van der Waals surface area contributed by atoms with E-state index < -0.39 is 5.92 Å². The molecule has 0 aliphatic carbocycles. The maximum atomic E-state index is 13.4. The summed E-state index contributed by atoms with van der Waals surface area (Å²) in [6.07, 6.45) is 1.64. The standard InChI is InChI=1S/C14H20FN3O2/c1-2-5-11(13(16)18-20)14(19)17-9-8-10-6-3-4-7-12(10)15/h3-4,6-7,11,20H,2,5,8-9H2,1H3,(H2,16,18)(H,17,19). The molecule has 1 unspecified atom stereocenters. The Morgan fingerprint density at radius 3 is 2.80 bits per heavy atom. The molecule has 0 saturated heterocycles. The highest BCUT2D eigenvalue weighted by atomic mass is 19.1. The molecule has 0 saturated carbocycles. The summed E-state index contributed by atoms with van der Waals surface area (Å²) in [4.78, 5) is 11.9. The minimum absolute atomic E-state index is 0.102. The zero-order valence-electron chi connectivity index (χ0n) is 11.5. The van der Waals surface area contributed by atoms with Crippen LogP contribution in [-0.4, -0.2) is 23.5 Å². The lowest BCUT2D eigenvalue weighted by molar-refractivity contribution is -0.123. The van der Waals surface area contributed by atoms with Gasteiger partial charge in [-0.15, -0.1) is 0 Å². The molecule has 0 spiro atoms. The molecule has 0 radical (unpaired) electrons. The van der Waals surface area contributed by atoms with Gasteiger partial charge in [0.25, 0.3) is 0 Å². The second-order valence-electron chi connectivity index (χ2n) is 4.50. The van der Waals surface area contributed by atoms with E-state index in [0.29, 0.717) is 24.9 Å². The molecule has 0 aliphatic rings. The third-order valence-electron chi connectivity index (χ3n) is 3.02. The highest BCUT2D eigenvalue weighted by Crippen LogP contribution is 2.08. The number of amidine groups is 1. The summed E-state index contributed by atoms with van der Waals surface area (Å²) in [5.41, 5.74) is 6.04. The summed E-state index contributed by atoms with van der Waals surface area (Å²) in [6, 6.07) is 6.42. The number of amides is 1. The van der Waals surface area contributed by atoms with Gasteiger partial charge >= 0.3 is 0 Å². The lowest BCUT2D eigenvalue weighted by Gasteiger charge is -2.14. The third-order valence-corrected chi connectivity index (χ3v) is 3.02. The molecule has 0 fully saturated rings. The number of nitrogens with one attached hydrogen (secondary N) is 1. The minimum atomic E-state index is -0.648. The number of nitrogens with zero attached hydrogens (tertiary/aromatic N) is 1. The molecule has 0 aliphatic heterocycles. The van der Waals surface area contributed by atoms with Crippen molar-refractivity contribution in [2.24, 2.45) is 16.8 Å². The van der Waals surface area contributed by atoms with Gasteiger partial charge in [0.05, 0.1) is 5.92 Å². The summed E-state index contributed by atoms with van der Waals surface area (Å²) in [7, 11) is 0. The van der Waals surface area contributed by atoms with Crippen molar-refractivity contribution in [3.63, 3.8) is 0 Å². The molecule has 1 rings (SSSR count). The predicted molar refractivity (Wildman–Crippen MR) is 74.9 cm³/mol. The lowest BCUT2D eigenvalue weighted by Crippen LogP contribution is -2.39. The highest BCUT2D eigenvalue weighted by molar-refractivity contribution is 6.02. The Morgan fingerprint density at radius 2 is 2.20 bits per heavy atom. The van der Waals surface area contributed by atoms with Gasteiger partial charge in [-0.1, -0.05) is 36.7 Å². The van der Waals surface area contributed by atoms with Crippen LogP contribution in [0.25, 0.3) is 0 Å². The monoisotopic (exact) mass is 281 g/mol. The molecule has 0 heterocycles. The average molecular weight is 281 g/mol. The molecular weight excluding hydrogens is 261 g/mol. The number of carbonyl (C=O) groups excluding carboxylic acids is 1. The van der Waals surface area contributed by atoms with Crippen molar-refractivity contribution in [3.05, 3.63) is 35.6 Å². The van der Waals surface area contributed by atoms with Crippen LogP contribution in [0.1, 0.15) is 25.3 Å². The fourth-order valence-electron chi connectivity index (χ4n) is 1.92. The molecule has 1 aromatic carbocycles. The van der Waals surface area contributed by atoms with Crippen LogP contribution in [-0.2, 0) is 11.2 Å². The van der Waals surface area contributed by atoms with E-state index in [4.69, 9.17) is 10.9 Å². The van der Waals surface area contributed by atoms with Crippen LogP contribution in [0.5, 0.6) is 0 Å². The number of hydrogen-bond acceptors (Lipinski definition) is 3. The van der Waals surface area contributed by atoms with E-state index in [1.807, 2.05) is 6.92 Å². The van der Waals surface area contributed by atoms with Crippen molar-refractivity contribution in [1.82, 2.24) is 5.32 Å². The van der Waals surface area contributed by atoms with Gasteiger partial charge < -0.3 is 16.3 Å². The van der Waals surface area contributed by atoms with Crippen LogP contribution in [0.2, 0.25) is 0 Å².